The van der Waals surface area contributed by atoms with Crippen LogP contribution in [-0.2, 0) is 4.79 Å². The number of nitrogens with zero attached hydrogens (tertiary/aromatic N) is 2. The number of ether oxygens (including phenoxy) is 2. The van der Waals surface area contributed by atoms with Gasteiger partial charge in [0.15, 0.2) is 0 Å². The molecular formula is C24H31N3O3S. The summed E-state index contributed by atoms with van der Waals surface area (Å²) in [7, 11) is 3.36. The first-order valence-electron chi connectivity index (χ1n) is 10.0. The van der Waals surface area contributed by atoms with Gasteiger partial charge in [0.1, 0.15) is 11.5 Å². The zero-order valence-corrected chi connectivity index (χ0v) is 19.6. The summed E-state index contributed by atoms with van der Waals surface area (Å²) in [6.07, 6.45) is 3.87. The first kappa shape index (κ1) is 25.8. The van der Waals surface area contributed by atoms with E-state index < -0.39 is 0 Å². The maximum absolute atomic E-state index is 9.84. The van der Waals surface area contributed by atoms with Crippen molar-refractivity contribution >= 4 is 29.7 Å². The molecule has 166 valence electrons. The molecule has 0 saturated carbocycles. The number of pyridine rings is 1. The zero-order valence-electron chi connectivity index (χ0n) is 18.7. The Balaban J connectivity index is 0.000000365. The minimum absolute atomic E-state index is 0.634. The second-order valence-corrected chi connectivity index (χ2v) is 6.73. The third kappa shape index (κ3) is 9.00. The predicted octanol–water partition coefficient (Wildman–Crippen LogP) is 5.91. The average molecular weight is 442 g/mol. The Bertz CT molecular complexity index is 864. The molecule has 2 aromatic carbocycles. The molecule has 6 nitrogen and oxygen atoms in total. The summed E-state index contributed by atoms with van der Waals surface area (Å²) in [5.74, 6) is 1.67. The normalized spacial score (nSPS) is 9.19. The van der Waals surface area contributed by atoms with Gasteiger partial charge in [-0.2, -0.15) is 0 Å². The Hall–Kier alpha value is -3.19. The van der Waals surface area contributed by atoms with Gasteiger partial charge in [-0.25, -0.2) is 0 Å². The lowest BCUT2D eigenvalue weighted by atomic mass is 10.2. The van der Waals surface area contributed by atoms with Crippen LogP contribution in [0.25, 0.3) is 0 Å². The molecule has 3 aromatic rings. The summed E-state index contributed by atoms with van der Waals surface area (Å²) in [6, 6.07) is 19.6. The molecule has 0 fully saturated rings. The van der Waals surface area contributed by atoms with Crippen molar-refractivity contribution in [2.75, 3.05) is 30.4 Å². The Morgan fingerprint density at radius 2 is 1.68 bits per heavy atom. The molecule has 0 bridgehead atoms. The summed E-state index contributed by atoms with van der Waals surface area (Å²) in [5.41, 5.74) is 1.78. The van der Waals surface area contributed by atoms with Gasteiger partial charge in [0.25, 0.3) is 0 Å². The van der Waals surface area contributed by atoms with Crippen molar-refractivity contribution < 1.29 is 14.3 Å². The highest BCUT2D eigenvalue weighted by Crippen LogP contribution is 2.37. The maximum atomic E-state index is 9.84. The van der Waals surface area contributed by atoms with Crippen LogP contribution in [-0.4, -0.2) is 32.2 Å². The van der Waals surface area contributed by atoms with Gasteiger partial charge in [-0.15, -0.1) is 0 Å². The fraction of sp³-hybridized carbons (Fsp3) is 0.250. The Labute approximate surface area is 189 Å². The van der Waals surface area contributed by atoms with E-state index >= 15 is 0 Å². The Kier molecular flexibility index (Phi) is 13.0. The van der Waals surface area contributed by atoms with E-state index in [4.69, 9.17) is 9.47 Å². The van der Waals surface area contributed by atoms with Crippen LogP contribution in [0, 0.1) is 0 Å². The monoisotopic (exact) mass is 441 g/mol. The van der Waals surface area contributed by atoms with E-state index in [2.05, 4.69) is 33.7 Å². The SMILES string of the molecule is CC.CCN(Sc1ccccc1)c1cc(OC)ccc1OC.O=CNc1ccncc1. The van der Waals surface area contributed by atoms with Crippen LogP contribution in [0.2, 0.25) is 0 Å². The third-order valence-electron chi connectivity index (χ3n) is 3.81. The Morgan fingerprint density at radius 3 is 2.23 bits per heavy atom. The second-order valence-electron chi connectivity index (χ2n) is 5.63. The highest BCUT2D eigenvalue weighted by molar-refractivity contribution is 8.00. The van der Waals surface area contributed by atoms with Crippen LogP contribution in [0.5, 0.6) is 11.5 Å². The van der Waals surface area contributed by atoms with E-state index in [9.17, 15) is 4.79 Å². The number of hydrogen-bond acceptors (Lipinski definition) is 6. The molecule has 0 radical (unpaired) electrons. The number of amides is 1. The number of aromatic nitrogens is 1. The van der Waals surface area contributed by atoms with Gasteiger partial charge >= 0.3 is 0 Å². The fourth-order valence-electron chi connectivity index (χ4n) is 2.40. The van der Waals surface area contributed by atoms with E-state index in [1.165, 1.54) is 4.90 Å². The van der Waals surface area contributed by atoms with E-state index in [1.807, 2.05) is 50.2 Å². The van der Waals surface area contributed by atoms with Crippen molar-refractivity contribution in [3.8, 4) is 11.5 Å². The van der Waals surface area contributed by atoms with Crippen LogP contribution in [0.1, 0.15) is 20.8 Å². The number of carbonyl (C=O) groups is 1. The van der Waals surface area contributed by atoms with E-state index in [-0.39, 0.29) is 0 Å². The second kappa shape index (κ2) is 15.6. The van der Waals surface area contributed by atoms with Gasteiger partial charge in [0, 0.05) is 35.6 Å². The van der Waals surface area contributed by atoms with Crippen molar-refractivity contribution in [3.63, 3.8) is 0 Å². The molecule has 0 saturated heterocycles. The predicted molar refractivity (Wildman–Crippen MR) is 130 cm³/mol. The van der Waals surface area contributed by atoms with E-state index in [0.29, 0.717) is 6.41 Å². The molecular weight excluding hydrogens is 410 g/mol. The van der Waals surface area contributed by atoms with Crippen molar-refractivity contribution in [2.45, 2.75) is 25.7 Å². The van der Waals surface area contributed by atoms with Crippen molar-refractivity contribution in [3.05, 3.63) is 73.1 Å². The van der Waals surface area contributed by atoms with Crippen molar-refractivity contribution in [1.29, 1.82) is 0 Å². The molecule has 0 spiro atoms. The molecule has 1 amide bonds. The number of benzene rings is 2. The lowest BCUT2D eigenvalue weighted by Crippen LogP contribution is -2.14. The van der Waals surface area contributed by atoms with Gasteiger partial charge in [-0.3, -0.25) is 9.78 Å². The fourth-order valence-corrected chi connectivity index (χ4v) is 3.30. The van der Waals surface area contributed by atoms with Crippen molar-refractivity contribution in [1.82, 2.24) is 4.98 Å². The molecule has 0 aliphatic heterocycles. The molecule has 1 aromatic heterocycles. The molecule has 0 aliphatic rings. The quantitative estimate of drug-likeness (QED) is 0.346. The average Bonchev–Trinajstić information content (AvgIpc) is 2.85. The van der Waals surface area contributed by atoms with Crippen molar-refractivity contribution in [2.24, 2.45) is 0 Å². The summed E-state index contributed by atoms with van der Waals surface area (Å²) in [5, 5.41) is 2.49. The van der Waals surface area contributed by atoms with Crippen LogP contribution in [0.3, 0.4) is 0 Å². The maximum Gasteiger partial charge on any atom is 0.211 e. The number of rotatable bonds is 8. The third-order valence-corrected chi connectivity index (χ3v) is 4.96. The molecule has 3 rings (SSSR count). The van der Waals surface area contributed by atoms with Crippen LogP contribution in [0.15, 0.2) is 78.0 Å². The number of methoxy groups -OCH3 is 2. The summed E-state index contributed by atoms with van der Waals surface area (Å²) >= 11 is 1.69. The molecule has 0 unspecified atom stereocenters. The molecule has 7 heteroatoms. The number of nitrogens with one attached hydrogen (secondary N) is 1. The molecule has 31 heavy (non-hydrogen) atoms. The van der Waals surface area contributed by atoms with E-state index in [1.54, 1.807) is 50.7 Å². The van der Waals surface area contributed by atoms with Crippen LogP contribution >= 0.6 is 11.9 Å². The number of anilines is 2. The van der Waals surface area contributed by atoms with Gasteiger partial charge < -0.3 is 19.1 Å². The first-order valence-corrected chi connectivity index (χ1v) is 10.8. The number of carbonyl (C=O) groups excluding carboxylic acids is 1. The standard InChI is InChI=1S/C16H19NO2S.C6H6N2O.C2H6/c1-4-17(20-14-8-6-5-7-9-14)15-12-13(18-2)10-11-16(15)19-3;9-5-8-6-1-3-7-4-2-6;1-2/h5-12H,4H2,1-3H3;1-5H,(H,7,8,9);1-2H3. The summed E-state index contributed by atoms with van der Waals surface area (Å²) < 4.78 is 13.0. The summed E-state index contributed by atoms with van der Waals surface area (Å²) in [6.45, 7) is 6.98. The first-order chi connectivity index (χ1) is 15.2. The van der Waals surface area contributed by atoms with E-state index in [0.717, 1.165) is 29.4 Å². The summed E-state index contributed by atoms with van der Waals surface area (Å²) in [4.78, 5) is 14.8. The topological polar surface area (TPSA) is 63.7 Å². The van der Waals surface area contributed by atoms with Crippen LogP contribution in [0.4, 0.5) is 11.4 Å². The molecule has 0 aliphatic carbocycles. The van der Waals surface area contributed by atoms with Gasteiger partial charge in [0.05, 0.1) is 19.9 Å². The minimum atomic E-state index is 0.634. The minimum Gasteiger partial charge on any atom is -0.497 e. The lowest BCUT2D eigenvalue weighted by Gasteiger charge is -2.24. The van der Waals surface area contributed by atoms with Gasteiger partial charge in [0.2, 0.25) is 6.41 Å². The highest BCUT2D eigenvalue weighted by Gasteiger charge is 2.13. The molecule has 0 atom stereocenters. The largest absolute Gasteiger partial charge is 0.497 e. The smallest absolute Gasteiger partial charge is 0.211 e. The van der Waals surface area contributed by atoms with Crippen LogP contribution < -0.4 is 19.1 Å². The number of hydrogen-bond donors (Lipinski definition) is 1. The van der Waals surface area contributed by atoms with Gasteiger partial charge in [-0.05, 0) is 55.3 Å². The zero-order chi connectivity index (χ0) is 22.9. The van der Waals surface area contributed by atoms with Gasteiger partial charge in [-0.1, -0.05) is 32.0 Å². The Morgan fingerprint density at radius 1 is 1.00 bits per heavy atom. The molecule has 1 N–H and O–H groups in total. The molecule has 1 heterocycles. The lowest BCUT2D eigenvalue weighted by molar-refractivity contribution is -0.105. The highest BCUT2D eigenvalue weighted by atomic mass is 32.2.